The van der Waals surface area contributed by atoms with Crippen molar-refractivity contribution in [3.8, 4) is 11.5 Å². The molecule has 3 rings (SSSR count). The van der Waals surface area contributed by atoms with Crippen LogP contribution < -0.4 is 25.5 Å². The van der Waals surface area contributed by atoms with E-state index in [4.69, 9.17) is 9.47 Å². The number of hydrogen-bond donors (Lipinski definition) is 3. The Labute approximate surface area is 203 Å². The fraction of sp³-hybridized carbons (Fsp3) is 0.154. The summed E-state index contributed by atoms with van der Waals surface area (Å²) in [6.07, 6.45) is 2.24. The van der Waals surface area contributed by atoms with E-state index in [-0.39, 0.29) is 12.5 Å². The molecule has 3 aromatic carbocycles. The van der Waals surface area contributed by atoms with Crippen molar-refractivity contribution in [1.29, 1.82) is 0 Å². The van der Waals surface area contributed by atoms with Gasteiger partial charge in [-0.05, 0) is 48.4 Å². The molecule has 0 saturated carbocycles. The van der Waals surface area contributed by atoms with E-state index in [0.717, 1.165) is 6.42 Å². The quantitative estimate of drug-likeness (QED) is 0.250. The fourth-order valence-corrected chi connectivity index (χ4v) is 3.02. The number of amides is 3. The Kier molecular flexibility index (Phi) is 8.95. The summed E-state index contributed by atoms with van der Waals surface area (Å²) >= 11 is 0. The van der Waals surface area contributed by atoms with Crippen molar-refractivity contribution in [3.05, 3.63) is 83.9 Å². The molecule has 0 aliphatic heterocycles. The van der Waals surface area contributed by atoms with Gasteiger partial charge in [-0.2, -0.15) is 5.10 Å². The van der Waals surface area contributed by atoms with Crippen LogP contribution in [0.25, 0.3) is 0 Å². The first kappa shape index (κ1) is 25.0. The summed E-state index contributed by atoms with van der Waals surface area (Å²) < 4.78 is 10.8. The molecule has 180 valence electrons. The standard InChI is InChI=1S/C26H26N4O5/c1-3-18-12-14-20(15-13-18)28-24(31)17-35-22-10-6-4-8-19(22)16-27-30-26(33)25(32)29-21-9-5-7-11-23(21)34-2/h4-16H,3,17H2,1-2H3,(H,28,31)(H,29,32)(H,30,33)/b27-16-. The van der Waals surface area contributed by atoms with E-state index in [1.807, 2.05) is 24.3 Å². The number of hydrazone groups is 1. The fourth-order valence-electron chi connectivity index (χ4n) is 3.02. The number of carbonyl (C=O) groups excluding carboxylic acids is 3. The van der Waals surface area contributed by atoms with Crippen molar-refractivity contribution < 1.29 is 23.9 Å². The predicted octanol–water partition coefficient (Wildman–Crippen LogP) is 3.36. The molecule has 0 unspecified atom stereocenters. The van der Waals surface area contributed by atoms with Crippen molar-refractivity contribution in [1.82, 2.24) is 5.43 Å². The molecule has 0 aliphatic rings. The number of ether oxygens (including phenoxy) is 2. The Bertz CT molecular complexity index is 1210. The molecule has 0 atom stereocenters. The maximum absolute atomic E-state index is 12.2. The number of para-hydroxylation sites is 3. The molecule has 3 aromatic rings. The summed E-state index contributed by atoms with van der Waals surface area (Å²) in [6, 6.07) is 21.1. The van der Waals surface area contributed by atoms with Crippen LogP contribution in [-0.4, -0.2) is 37.7 Å². The minimum Gasteiger partial charge on any atom is -0.495 e. The van der Waals surface area contributed by atoms with Crippen LogP contribution in [0.4, 0.5) is 11.4 Å². The lowest BCUT2D eigenvalue weighted by Gasteiger charge is -2.10. The molecule has 0 aliphatic carbocycles. The molecule has 3 N–H and O–H groups in total. The van der Waals surface area contributed by atoms with Crippen molar-refractivity contribution in [2.24, 2.45) is 5.10 Å². The van der Waals surface area contributed by atoms with Gasteiger partial charge in [-0.15, -0.1) is 0 Å². The zero-order chi connectivity index (χ0) is 25.0. The van der Waals surface area contributed by atoms with Crippen LogP contribution in [0.15, 0.2) is 77.9 Å². The minimum atomic E-state index is -0.959. The SMILES string of the molecule is CCc1ccc(NC(=O)COc2ccccc2/C=N\NC(=O)C(=O)Nc2ccccc2OC)cc1. The lowest BCUT2D eigenvalue weighted by atomic mass is 10.1. The van der Waals surface area contributed by atoms with E-state index in [0.29, 0.717) is 28.4 Å². The molecule has 0 heterocycles. The molecule has 0 saturated heterocycles. The highest BCUT2D eigenvalue weighted by Gasteiger charge is 2.15. The van der Waals surface area contributed by atoms with E-state index >= 15 is 0 Å². The summed E-state index contributed by atoms with van der Waals surface area (Å²) in [4.78, 5) is 36.5. The normalized spacial score (nSPS) is 10.5. The van der Waals surface area contributed by atoms with Gasteiger partial charge in [-0.3, -0.25) is 14.4 Å². The van der Waals surface area contributed by atoms with E-state index in [1.165, 1.54) is 18.9 Å². The van der Waals surface area contributed by atoms with Crippen molar-refractivity contribution in [2.45, 2.75) is 13.3 Å². The summed E-state index contributed by atoms with van der Waals surface area (Å²) in [5, 5.41) is 9.06. The number of rotatable bonds is 9. The summed E-state index contributed by atoms with van der Waals surface area (Å²) in [7, 11) is 1.46. The first-order chi connectivity index (χ1) is 17.0. The number of nitrogens with zero attached hydrogens (tertiary/aromatic N) is 1. The van der Waals surface area contributed by atoms with Crippen LogP contribution in [0.2, 0.25) is 0 Å². The Morgan fingerprint density at radius 1 is 0.857 bits per heavy atom. The van der Waals surface area contributed by atoms with Gasteiger partial charge in [0.2, 0.25) is 0 Å². The Morgan fingerprint density at radius 3 is 2.26 bits per heavy atom. The molecular formula is C26H26N4O5. The topological polar surface area (TPSA) is 118 Å². The van der Waals surface area contributed by atoms with E-state index < -0.39 is 11.8 Å². The van der Waals surface area contributed by atoms with Crippen LogP contribution in [0.5, 0.6) is 11.5 Å². The van der Waals surface area contributed by atoms with E-state index in [2.05, 4.69) is 28.1 Å². The summed E-state index contributed by atoms with van der Waals surface area (Å²) in [6.45, 7) is 1.85. The number of anilines is 2. The third-order valence-corrected chi connectivity index (χ3v) is 4.85. The molecule has 0 bridgehead atoms. The van der Waals surface area contributed by atoms with Crippen LogP contribution in [0, 0.1) is 0 Å². The number of aryl methyl sites for hydroxylation is 1. The number of hydrogen-bond acceptors (Lipinski definition) is 6. The van der Waals surface area contributed by atoms with Crippen molar-refractivity contribution in [2.75, 3.05) is 24.4 Å². The zero-order valence-corrected chi connectivity index (χ0v) is 19.4. The number of nitrogens with one attached hydrogen (secondary N) is 3. The summed E-state index contributed by atoms with van der Waals surface area (Å²) in [5.41, 5.74) is 4.89. The van der Waals surface area contributed by atoms with Crippen molar-refractivity contribution >= 4 is 35.3 Å². The average molecular weight is 475 g/mol. The maximum atomic E-state index is 12.2. The van der Waals surface area contributed by atoms with Gasteiger partial charge < -0.3 is 20.1 Å². The Balaban J connectivity index is 1.53. The second kappa shape index (κ2) is 12.5. The second-order valence-corrected chi connectivity index (χ2v) is 7.28. The van der Waals surface area contributed by atoms with Crippen LogP contribution in [0.1, 0.15) is 18.1 Å². The van der Waals surface area contributed by atoms with Gasteiger partial charge in [0.1, 0.15) is 11.5 Å². The lowest BCUT2D eigenvalue weighted by Crippen LogP contribution is -2.32. The van der Waals surface area contributed by atoms with Gasteiger partial charge >= 0.3 is 11.8 Å². The average Bonchev–Trinajstić information content (AvgIpc) is 2.88. The molecule has 0 radical (unpaired) electrons. The highest BCUT2D eigenvalue weighted by atomic mass is 16.5. The van der Waals surface area contributed by atoms with Crippen molar-refractivity contribution in [3.63, 3.8) is 0 Å². The first-order valence-electron chi connectivity index (χ1n) is 10.9. The highest BCUT2D eigenvalue weighted by molar-refractivity contribution is 6.39. The molecule has 9 heteroatoms. The smallest absolute Gasteiger partial charge is 0.329 e. The molecule has 0 fully saturated rings. The molecule has 3 amide bonds. The number of methoxy groups -OCH3 is 1. The van der Waals surface area contributed by atoms with E-state index in [1.54, 1.807) is 48.5 Å². The largest absolute Gasteiger partial charge is 0.495 e. The van der Waals surface area contributed by atoms with Crippen LogP contribution in [0.3, 0.4) is 0 Å². The second-order valence-electron chi connectivity index (χ2n) is 7.28. The molecule has 35 heavy (non-hydrogen) atoms. The summed E-state index contributed by atoms with van der Waals surface area (Å²) in [5.74, 6) is -1.37. The third kappa shape index (κ3) is 7.43. The van der Waals surface area contributed by atoms with Gasteiger partial charge in [-0.1, -0.05) is 43.3 Å². The predicted molar refractivity (Wildman–Crippen MR) is 134 cm³/mol. The molecule has 0 aromatic heterocycles. The highest BCUT2D eigenvalue weighted by Crippen LogP contribution is 2.22. The van der Waals surface area contributed by atoms with E-state index in [9.17, 15) is 14.4 Å². The molecule has 0 spiro atoms. The van der Waals surface area contributed by atoms with Crippen LogP contribution >= 0.6 is 0 Å². The Hall–Kier alpha value is -4.66. The maximum Gasteiger partial charge on any atom is 0.329 e. The van der Waals surface area contributed by atoms with Gasteiger partial charge in [0, 0.05) is 11.3 Å². The minimum absolute atomic E-state index is 0.214. The van der Waals surface area contributed by atoms with Gasteiger partial charge in [-0.25, -0.2) is 5.43 Å². The zero-order valence-electron chi connectivity index (χ0n) is 19.4. The monoisotopic (exact) mass is 474 g/mol. The molecule has 9 nitrogen and oxygen atoms in total. The Morgan fingerprint density at radius 2 is 1.54 bits per heavy atom. The van der Waals surface area contributed by atoms with Gasteiger partial charge in [0.05, 0.1) is 19.0 Å². The number of carbonyl (C=O) groups is 3. The number of benzene rings is 3. The van der Waals surface area contributed by atoms with Gasteiger partial charge in [0.25, 0.3) is 5.91 Å². The van der Waals surface area contributed by atoms with Crippen LogP contribution in [-0.2, 0) is 20.8 Å². The first-order valence-corrected chi connectivity index (χ1v) is 10.9. The third-order valence-electron chi connectivity index (χ3n) is 4.85. The lowest BCUT2D eigenvalue weighted by molar-refractivity contribution is -0.136. The molecular weight excluding hydrogens is 448 g/mol. The van der Waals surface area contributed by atoms with Gasteiger partial charge in [0.15, 0.2) is 6.61 Å².